The second-order valence-electron chi connectivity index (χ2n) is 6.69. The molecule has 1 nitrogen and oxygen atoms in total. The van der Waals surface area contributed by atoms with Crippen molar-refractivity contribution in [3.05, 3.63) is 101 Å². The maximum Gasteiger partial charge on any atom is 0.316 e. The van der Waals surface area contributed by atoms with Crippen molar-refractivity contribution >= 4 is 45.5 Å². The van der Waals surface area contributed by atoms with Crippen LogP contribution in [0.4, 0.5) is 5.69 Å². The summed E-state index contributed by atoms with van der Waals surface area (Å²) in [4.78, 5) is 2.51. The van der Waals surface area contributed by atoms with Crippen LogP contribution in [0.3, 0.4) is 0 Å². The molecule has 0 N–H and O–H groups in total. The first kappa shape index (κ1) is 15.5. The van der Waals surface area contributed by atoms with E-state index in [2.05, 4.69) is 101 Å². The molecule has 3 aromatic carbocycles. The molecule has 3 heteroatoms. The van der Waals surface area contributed by atoms with E-state index in [4.69, 9.17) is 0 Å². The Morgan fingerprint density at radius 3 is 2.62 bits per heavy atom. The molecule has 124 valence electrons. The number of nitrogens with zero attached hydrogens (tertiary/aromatic N) is 1. The van der Waals surface area contributed by atoms with Crippen LogP contribution in [0.2, 0.25) is 0 Å². The predicted molar refractivity (Wildman–Crippen MR) is 115 cm³/mol. The van der Waals surface area contributed by atoms with Crippen molar-refractivity contribution in [2.24, 2.45) is 0 Å². The Morgan fingerprint density at radius 2 is 1.69 bits per heavy atom. The van der Waals surface area contributed by atoms with E-state index in [1.165, 1.54) is 32.4 Å². The van der Waals surface area contributed by atoms with E-state index in [0.717, 1.165) is 6.54 Å². The van der Waals surface area contributed by atoms with Crippen LogP contribution in [0.25, 0.3) is 16.2 Å². The van der Waals surface area contributed by atoms with Crippen molar-refractivity contribution < 1.29 is 0 Å². The number of hydrogen-bond acceptors (Lipinski definition) is 2. The number of benzene rings is 3. The number of hydrogen-bond donors (Lipinski definition) is 0. The highest BCUT2D eigenvalue weighted by molar-refractivity contribution is 7.17. The number of thiophene rings is 1. The summed E-state index contributed by atoms with van der Waals surface area (Å²) in [7, 11) is 0. The number of para-hydroxylation sites is 1. The van der Waals surface area contributed by atoms with E-state index in [0.29, 0.717) is 0 Å². The smallest absolute Gasteiger partial charge is 0.316 e. The van der Waals surface area contributed by atoms with Crippen molar-refractivity contribution in [2.45, 2.75) is 6.54 Å². The van der Waals surface area contributed by atoms with Crippen LogP contribution in [0.5, 0.6) is 0 Å². The quantitative estimate of drug-likeness (QED) is 0.449. The topological polar surface area (TPSA) is 3.24 Å². The molecule has 1 aliphatic rings. The Bertz CT molecular complexity index is 1080. The largest absolute Gasteiger partial charge is 0.403 e. The van der Waals surface area contributed by atoms with E-state index < -0.39 is 0 Å². The zero-order chi connectivity index (χ0) is 17.3. The van der Waals surface area contributed by atoms with Crippen LogP contribution in [0, 0.1) is 0 Å². The van der Waals surface area contributed by atoms with E-state index in [1.807, 2.05) is 0 Å². The molecule has 0 amide bonds. The average Bonchev–Trinajstić information content (AvgIpc) is 3.17. The van der Waals surface area contributed by atoms with Gasteiger partial charge in [-0.15, -0.1) is 11.3 Å². The van der Waals surface area contributed by atoms with Gasteiger partial charge in [0, 0.05) is 16.9 Å². The lowest BCUT2D eigenvalue weighted by molar-refractivity contribution is 1.03. The van der Waals surface area contributed by atoms with E-state index in [9.17, 15) is 0 Å². The number of anilines is 1. The summed E-state index contributed by atoms with van der Waals surface area (Å²) in [5.74, 6) is 2.32. The van der Waals surface area contributed by atoms with Crippen molar-refractivity contribution in [3.63, 3.8) is 0 Å². The van der Waals surface area contributed by atoms with Crippen molar-refractivity contribution in [1.29, 1.82) is 0 Å². The van der Waals surface area contributed by atoms with Gasteiger partial charge in [0.25, 0.3) is 0 Å². The SMILES string of the molecule is C1=Cc2ccccc2N(Cc2ccc3sccc3c2)B1c1ccccc1. The molecule has 0 atom stereocenters. The third-order valence-corrected chi connectivity index (χ3v) is 5.95. The van der Waals surface area contributed by atoms with Gasteiger partial charge in [-0.1, -0.05) is 72.1 Å². The Labute approximate surface area is 158 Å². The van der Waals surface area contributed by atoms with Gasteiger partial charge in [-0.25, -0.2) is 0 Å². The monoisotopic (exact) mass is 351 g/mol. The lowest BCUT2D eigenvalue weighted by Gasteiger charge is -2.34. The number of fused-ring (bicyclic) bond motifs is 2. The third-order valence-electron chi connectivity index (χ3n) is 5.05. The Morgan fingerprint density at radius 1 is 0.846 bits per heavy atom. The summed E-state index contributed by atoms with van der Waals surface area (Å²) in [6.07, 6.45) is 2.26. The Hall–Kier alpha value is -2.78. The highest BCUT2D eigenvalue weighted by Crippen LogP contribution is 2.30. The minimum Gasteiger partial charge on any atom is -0.403 e. The van der Waals surface area contributed by atoms with Crippen LogP contribution >= 0.6 is 11.3 Å². The molecule has 0 saturated carbocycles. The fraction of sp³-hybridized carbons (Fsp3) is 0.0435. The molecule has 26 heavy (non-hydrogen) atoms. The lowest BCUT2D eigenvalue weighted by Crippen LogP contribution is -2.48. The molecule has 0 fully saturated rings. The second-order valence-corrected chi connectivity index (χ2v) is 7.64. The lowest BCUT2D eigenvalue weighted by atomic mass is 9.52. The van der Waals surface area contributed by atoms with Crippen LogP contribution in [0.15, 0.2) is 90.2 Å². The first-order valence-electron chi connectivity index (χ1n) is 8.93. The molecule has 0 unspecified atom stereocenters. The highest BCUT2D eigenvalue weighted by Gasteiger charge is 2.27. The summed E-state index contributed by atoms with van der Waals surface area (Å²) in [5, 5.41) is 3.50. The predicted octanol–water partition coefficient (Wildman–Crippen LogP) is 5.37. The van der Waals surface area contributed by atoms with Crippen LogP contribution in [0.1, 0.15) is 11.1 Å². The molecular weight excluding hydrogens is 333 g/mol. The third kappa shape index (κ3) is 2.75. The minimum absolute atomic E-state index is 0.254. The molecule has 5 rings (SSSR count). The normalized spacial score (nSPS) is 13.2. The fourth-order valence-corrected chi connectivity index (χ4v) is 4.55. The highest BCUT2D eigenvalue weighted by atomic mass is 32.1. The minimum atomic E-state index is 0.254. The van der Waals surface area contributed by atoms with Crippen LogP contribution < -0.4 is 10.3 Å². The first-order valence-corrected chi connectivity index (χ1v) is 9.81. The standard InChI is InChI=1S/C23H18BNS/c1-2-7-21(8-3-1)24-14-12-19-6-4-5-9-22(19)25(24)17-18-10-11-23-20(16-18)13-15-26-23/h1-16H,17H2. The molecule has 0 saturated heterocycles. The average molecular weight is 351 g/mol. The molecule has 4 aromatic rings. The zero-order valence-electron chi connectivity index (χ0n) is 14.4. The summed E-state index contributed by atoms with van der Waals surface area (Å²) in [6, 6.07) is 28.5. The van der Waals surface area contributed by atoms with E-state index in [1.54, 1.807) is 11.3 Å². The van der Waals surface area contributed by atoms with Gasteiger partial charge in [0.1, 0.15) is 0 Å². The maximum atomic E-state index is 2.51. The summed E-state index contributed by atoms with van der Waals surface area (Å²) >= 11 is 1.80. The van der Waals surface area contributed by atoms with E-state index in [-0.39, 0.29) is 6.85 Å². The molecule has 1 aromatic heterocycles. The van der Waals surface area contributed by atoms with Crippen molar-refractivity contribution in [3.8, 4) is 0 Å². The molecule has 0 spiro atoms. The van der Waals surface area contributed by atoms with Crippen molar-refractivity contribution in [1.82, 2.24) is 0 Å². The number of rotatable bonds is 3. The van der Waals surface area contributed by atoms with Gasteiger partial charge in [-0.05, 0) is 46.2 Å². The van der Waals surface area contributed by atoms with Gasteiger partial charge in [0.05, 0.1) is 0 Å². The van der Waals surface area contributed by atoms with Crippen LogP contribution in [-0.2, 0) is 6.54 Å². The molecule has 0 aliphatic carbocycles. The summed E-state index contributed by atoms with van der Waals surface area (Å²) < 4.78 is 1.35. The Balaban J connectivity index is 1.58. The van der Waals surface area contributed by atoms with Gasteiger partial charge >= 0.3 is 6.85 Å². The van der Waals surface area contributed by atoms with Gasteiger partial charge < -0.3 is 4.81 Å². The zero-order valence-corrected chi connectivity index (χ0v) is 15.2. The van der Waals surface area contributed by atoms with Crippen LogP contribution in [-0.4, -0.2) is 6.85 Å². The van der Waals surface area contributed by atoms with Gasteiger partial charge in [-0.3, -0.25) is 0 Å². The second kappa shape index (κ2) is 6.51. The summed E-state index contributed by atoms with van der Waals surface area (Å²) in [6.45, 7) is 1.15. The summed E-state index contributed by atoms with van der Waals surface area (Å²) in [5.41, 5.74) is 5.27. The maximum absolute atomic E-state index is 2.51. The first-order chi connectivity index (χ1) is 12.9. The molecule has 2 heterocycles. The molecule has 1 aliphatic heterocycles. The van der Waals surface area contributed by atoms with Gasteiger partial charge in [-0.2, -0.15) is 0 Å². The molecular formula is C23H18BNS. The van der Waals surface area contributed by atoms with Gasteiger partial charge in [0.2, 0.25) is 0 Å². The molecule has 0 radical (unpaired) electrons. The van der Waals surface area contributed by atoms with Crippen molar-refractivity contribution in [2.75, 3.05) is 4.81 Å². The van der Waals surface area contributed by atoms with E-state index >= 15 is 0 Å². The Kier molecular flexibility index (Phi) is 3.87. The van der Waals surface area contributed by atoms with Gasteiger partial charge in [0.15, 0.2) is 0 Å². The molecule has 0 bridgehead atoms. The fourth-order valence-electron chi connectivity index (χ4n) is 3.77.